The number of hydrogen-bond donors (Lipinski definition) is 0. The van der Waals surface area contributed by atoms with Gasteiger partial charge in [0.15, 0.2) is 0 Å². The van der Waals surface area contributed by atoms with Crippen molar-refractivity contribution in [3.63, 3.8) is 0 Å². The summed E-state index contributed by atoms with van der Waals surface area (Å²) in [5.41, 5.74) is -0.787. The van der Waals surface area contributed by atoms with Gasteiger partial charge < -0.3 is 9.47 Å². The van der Waals surface area contributed by atoms with E-state index in [1.807, 2.05) is 0 Å². The third-order valence-electron chi connectivity index (χ3n) is 1.43. The Labute approximate surface area is 90.0 Å². The highest BCUT2D eigenvalue weighted by Crippen LogP contribution is 2.29. The molecular formula is C9H11F3O4. The van der Waals surface area contributed by atoms with Gasteiger partial charge in [-0.15, -0.1) is 0 Å². The normalized spacial score (nSPS) is 12.9. The molecule has 7 heteroatoms. The molecule has 0 spiro atoms. The van der Waals surface area contributed by atoms with Crippen molar-refractivity contribution in [3.05, 3.63) is 11.3 Å². The van der Waals surface area contributed by atoms with E-state index in [0.29, 0.717) is 0 Å². The van der Waals surface area contributed by atoms with Crippen LogP contribution in [0.5, 0.6) is 0 Å². The van der Waals surface area contributed by atoms with Gasteiger partial charge >= 0.3 is 18.1 Å². The highest BCUT2D eigenvalue weighted by Gasteiger charge is 2.40. The van der Waals surface area contributed by atoms with Crippen LogP contribution in [0.25, 0.3) is 0 Å². The Morgan fingerprint density at radius 1 is 1.19 bits per heavy atom. The number of hydrogen-bond acceptors (Lipinski definition) is 4. The molecule has 0 amide bonds. The number of esters is 2. The maximum atomic E-state index is 12.4. The Hall–Kier alpha value is -1.53. The largest absolute Gasteiger partial charge is 0.463 e. The van der Waals surface area contributed by atoms with Crippen molar-refractivity contribution in [3.8, 4) is 0 Å². The second-order valence-corrected chi connectivity index (χ2v) is 2.77. The summed E-state index contributed by atoms with van der Waals surface area (Å²) in [6, 6.07) is 0. The Balaban J connectivity index is 5.20. The Kier molecular flexibility index (Phi) is 5.00. The number of halogens is 3. The van der Waals surface area contributed by atoms with Crippen molar-refractivity contribution in [1.82, 2.24) is 0 Å². The highest BCUT2D eigenvalue weighted by molar-refractivity contribution is 5.89. The van der Waals surface area contributed by atoms with Crippen LogP contribution in [0.2, 0.25) is 0 Å². The zero-order valence-electron chi connectivity index (χ0n) is 8.97. The van der Waals surface area contributed by atoms with E-state index in [4.69, 9.17) is 0 Å². The number of rotatable bonds is 3. The van der Waals surface area contributed by atoms with Gasteiger partial charge in [-0.25, -0.2) is 4.79 Å². The van der Waals surface area contributed by atoms with Crippen LogP contribution in [0.4, 0.5) is 13.2 Å². The summed E-state index contributed by atoms with van der Waals surface area (Å²) in [5.74, 6) is -3.97. The molecule has 4 nitrogen and oxygen atoms in total. The van der Waals surface area contributed by atoms with Crippen molar-refractivity contribution >= 4 is 11.9 Å². The first kappa shape index (κ1) is 14.5. The van der Waals surface area contributed by atoms with Crippen LogP contribution in [-0.2, 0) is 19.1 Å². The van der Waals surface area contributed by atoms with Gasteiger partial charge in [0, 0.05) is 6.92 Å². The van der Waals surface area contributed by atoms with Gasteiger partial charge in [-0.2, -0.15) is 13.2 Å². The van der Waals surface area contributed by atoms with Crippen LogP contribution in [0.1, 0.15) is 20.8 Å². The van der Waals surface area contributed by atoms with Gasteiger partial charge in [-0.1, -0.05) is 0 Å². The maximum Gasteiger partial charge on any atom is 0.450 e. The quantitative estimate of drug-likeness (QED) is 0.430. The first-order chi connectivity index (χ1) is 7.20. The second kappa shape index (κ2) is 5.53. The summed E-state index contributed by atoms with van der Waals surface area (Å²) in [7, 11) is 0. The van der Waals surface area contributed by atoms with E-state index in [2.05, 4.69) is 9.47 Å². The smallest absolute Gasteiger partial charge is 0.450 e. The van der Waals surface area contributed by atoms with E-state index in [1.165, 1.54) is 6.92 Å². The molecular weight excluding hydrogens is 229 g/mol. The molecule has 0 aromatic rings. The molecule has 0 heterocycles. The molecule has 0 bridgehead atoms. The zero-order chi connectivity index (χ0) is 12.9. The highest BCUT2D eigenvalue weighted by atomic mass is 19.4. The molecule has 0 rings (SSSR count). The van der Waals surface area contributed by atoms with Crippen LogP contribution in [0.15, 0.2) is 11.3 Å². The van der Waals surface area contributed by atoms with E-state index >= 15 is 0 Å². The fourth-order valence-electron chi connectivity index (χ4n) is 0.823. The monoisotopic (exact) mass is 240 g/mol. The molecule has 0 unspecified atom stereocenters. The maximum absolute atomic E-state index is 12.4. The molecule has 0 saturated carbocycles. The van der Waals surface area contributed by atoms with Crippen molar-refractivity contribution in [1.29, 1.82) is 0 Å². The molecule has 0 aliphatic carbocycles. The van der Waals surface area contributed by atoms with Crippen LogP contribution < -0.4 is 0 Å². The van der Waals surface area contributed by atoms with Crippen molar-refractivity contribution in [2.75, 3.05) is 6.61 Å². The number of allylic oxidation sites excluding steroid dienone is 1. The molecule has 0 N–H and O–H groups in total. The number of carbonyl (C=O) groups excluding carboxylic acids is 2. The molecule has 0 aromatic heterocycles. The molecule has 0 radical (unpaired) electrons. The minimum Gasteiger partial charge on any atom is -0.463 e. The SMILES string of the molecule is CCOC(=O)C(C)=C(OC(C)=O)C(F)(F)F. The topological polar surface area (TPSA) is 52.6 Å². The molecule has 0 saturated heterocycles. The van der Waals surface area contributed by atoms with Crippen molar-refractivity contribution in [2.45, 2.75) is 26.9 Å². The van der Waals surface area contributed by atoms with Gasteiger partial charge in [0.1, 0.15) is 0 Å². The predicted molar refractivity (Wildman–Crippen MR) is 47.2 cm³/mol. The van der Waals surface area contributed by atoms with E-state index in [-0.39, 0.29) is 6.61 Å². The van der Waals surface area contributed by atoms with E-state index < -0.39 is 29.4 Å². The van der Waals surface area contributed by atoms with Gasteiger partial charge in [-0.3, -0.25) is 4.79 Å². The van der Waals surface area contributed by atoms with E-state index in [0.717, 1.165) is 13.8 Å². The number of alkyl halides is 3. The Morgan fingerprint density at radius 2 is 1.69 bits per heavy atom. The first-order valence-corrected chi connectivity index (χ1v) is 4.33. The lowest BCUT2D eigenvalue weighted by Crippen LogP contribution is -2.22. The van der Waals surface area contributed by atoms with Gasteiger partial charge in [-0.05, 0) is 13.8 Å². The van der Waals surface area contributed by atoms with Crippen LogP contribution in [-0.4, -0.2) is 24.7 Å². The van der Waals surface area contributed by atoms with E-state index in [1.54, 1.807) is 0 Å². The summed E-state index contributed by atoms with van der Waals surface area (Å²) >= 11 is 0. The van der Waals surface area contributed by atoms with Gasteiger partial charge in [0.25, 0.3) is 0 Å². The molecule has 0 aliphatic heterocycles. The first-order valence-electron chi connectivity index (χ1n) is 4.33. The molecule has 0 aromatic carbocycles. The third-order valence-corrected chi connectivity index (χ3v) is 1.43. The lowest BCUT2D eigenvalue weighted by Gasteiger charge is -2.13. The van der Waals surface area contributed by atoms with Crippen LogP contribution >= 0.6 is 0 Å². The van der Waals surface area contributed by atoms with E-state index in [9.17, 15) is 22.8 Å². The summed E-state index contributed by atoms with van der Waals surface area (Å²) < 4.78 is 45.5. The zero-order valence-corrected chi connectivity index (χ0v) is 8.97. The summed E-state index contributed by atoms with van der Waals surface area (Å²) in [6.45, 7) is 3.07. The van der Waals surface area contributed by atoms with Gasteiger partial charge in [0.05, 0.1) is 12.2 Å². The minimum absolute atomic E-state index is 0.0681. The molecule has 92 valence electrons. The Bertz CT molecular complexity index is 317. The average molecular weight is 240 g/mol. The minimum atomic E-state index is -4.91. The molecule has 0 fully saturated rings. The van der Waals surface area contributed by atoms with Crippen LogP contribution in [0, 0.1) is 0 Å². The standard InChI is InChI=1S/C9H11F3O4/c1-4-15-8(14)5(2)7(9(10,11)12)16-6(3)13/h4H2,1-3H3. The summed E-state index contributed by atoms with van der Waals surface area (Å²) in [4.78, 5) is 21.5. The number of ether oxygens (including phenoxy) is 2. The molecule has 0 aliphatic rings. The second-order valence-electron chi connectivity index (χ2n) is 2.77. The Morgan fingerprint density at radius 3 is 2.00 bits per heavy atom. The molecule has 0 atom stereocenters. The predicted octanol–water partition coefficient (Wildman–Crippen LogP) is 1.95. The summed E-state index contributed by atoms with van der Waals surface area (Å²) in [6.07, 6.45) is -4.91. The van der Waals surface area contributed by atoms with Gasteiger partial charge in [0.2, 0.25) is 5.76 Å². The number of carbonyl (C=O) groups is 2. The van der Waals surface area contributed by atoms with Crippen molar-refractivity contribution < 1.29 is 32.2 Å². The molecule has 16 heavy (non-hydrogen) atoms. The lowest BCUT2D eigenvalue weighted by molar-refractivity contribution is -0.160. The third kappa shape index (κ3) is 4.33. The summed E-state index contributed by atoms with van der Waals surface area (Å²) in [5, 5.41) is 0. The fraction of sp³-hybridized carbons (Fsp3) is 0.556. The fourth-order valence-corrected chi connectivity index (χ4v) is 0.823. The van der Waals surface area contributed by atoms with Crippen LogP contribution in [0.3, 0.4) is 0 Å². The van der Waals surface area contributed by atoms with Crippen molar-refractivity contribution in [2.24, 2.45) is 0 Å². The lowest BCUT2D eigenvalue weighted by atomic mass is 10.2. The average Bonchev–Trinajstić information content (AvgIpc) is 2.11.